The maximum Gasteiger partial charge on any atom is 0.317 e. The molecule has 2 heterocycles. The first kappa shape index (κ1) is 14.3. The SMILES string of the molecule is CC(C)(C)NC(=O)N1CCN(Cc2cccs2)CC1. The van der Waals surface area contributed by atoms with Crippen molar-refractivity contribution >= 4 is 17.4 Å². The molecule has 4 nitrogen and oxygen atoms in total. The van der Waals surface area contributed by atoms with E-state index >= 15 is 0 Å². The van der Waals surface area contributed by atoms with Crippen LogP contribution >= 0.6 is 11.3 Å². The summed E-state index contributed by atoms with van der Waals surface area (Å²) < 4.78 is 0. The molecule has 0 aromatic carbocycles. The maximum atomic E-state index is 12.0. The fourth-order valence-corrected chi connectivity index (χ4v) is 2.88. The van der Waals surface area contributed by atoms with E-state index in [-0.39, 0.29) is 11.6 Å². The highest BCUT2D eigenvalue weighted by atomic mass is 32.1. The van der Waals surface area contributed by atoms with Gasteiger partial charge >= 0.3 is 6.03 Å². The summed E-state index contributed by atoms with van der Waals surface area (Å²) in [5, 5.41) is 5.13. The van der Waals surface area contributed by atoms with E-state index in [1.54, 1.807) is 11.3 Å². The van der Waals surface area contributed by atoms with Gasteiger partial charge in [-0.1, -0.05) is 6.07 Å². The number of nitrogens with one attached hydrogen (secondary N) is 1. The predicted molar refractivity (Wildman–Crippen MR) is 79.5 cm³/mol. The van der Waals surface area contributed by atoms with Crippen LogP contribution in [0.5, 0.6) is 0 Å². The molecule has 19 heavy (non-hydrogen) atoms. The molecule has 1 aliphatic heterocycles. The molecule has 0 aliphatic carbocycles. The third kappa shape index (κ3) is 4.51. The number of carbonyl (C=O) groups excluding carboxylic acids is 1. The maximum absolute atomic E-state index is 12.0. The lowest BCUT2D eigenvalue weighted by atomic mass is 10.1. The Morgan fingerprint density at radius 2 is 2.00 bits per heavy atom. The van der Waals surface area contributed by atoms with Crippen molar-refractivity contribution in [3.8, 4) is 0 Å². The minimum atomic E-state index is -0.162. The second-order valence-electron chi connectivity index (χ2n) is 6.02. The summed E-state index contributed by atoms with van der Waals surface area (Å²) in [4.78, 5) is 17.8. The molecule has 0 bridgehead atoms. The molecule has 0 saturated carbocycles. The summed E-state index contributed by atoms with van der Waals surface area (Å²) in [7, 11) is 0. The number of amides is 2. The van der Waals surface area contributed by atoms with Gasteiger partial charge in [-0.25, -0.2) is 4.79 Å². The summed E-state index contributed by atoms with van der Waals surface area (Å²) in [6.45, 7) is 10.6. The van der Waals surface area contributed by atoms with Crippen molar-refractivity contribution in [2.75, 3.05) is 26.2 Å². The van der Waals surface area contributed by atoms with Crippen LogP contribution in [-0.4, -0.2) is 47.5 Å². The fraction of sp³-hybridized carbons (Fsp3) is 0.643. The zero-order valence-corrected chi connectivity index (χ0v) is 12.8. The van der Waals surface area contributed by atoms with E-state index < -0.39 is 0 Å². The minimum absolute atomic E-state index is 0.0586. The van der Waals surface area contributed by atoms with E-state index in [1.807, 2.05) is 25.7 Å². The van der Waals surface area contributed by atoms with Crippen molar-refractivity contribution in [2.45, 2.75) is 32.9 Å². The first-order valence-corrected chi connectivity index (χ1v) is 7.64. The molecule has 1 fully saturated rings. The minimum Gasteiger partial charge on any atom is -0.333 e. The van der Waals surface area contributed by atoms with Crippen LogP contribution in [0.3, 0.4) is 0 Å². The Morgan fingerprint density at radius 1 is 1.32 bits per heavy atom. The summed E-state index contributed by atoms with van der Waals surface area (Å²) in [6.07, 6.45) is 0. The van der Waals surface area contributed by atoms with Gasteiger partial charge in [-0.2, -0.15) is 0 Å². The van der Waals surface area contributed by atoms with Crippen molar-refractivity contribution in [2.24, 2.45) is 0 Å². The van der Waals surface area contributed by atoms with Gasteiger partial charge in [0.25, 0.3) is 0 Å². The third-order valence-corrected chi connectivity index (χ3v) is 3.96. The molecule has 1 N–H and O–H groups in total. The third-order valence-electron chi connectivity index (χ3n) is 3.10. The normalized spacial score (nSPS) is 17.5. The number of piperazine rings is 1. The average molecular weight is 281 g/mol. The molecule has 5 heteroatoms. The first-order chi connectivity index (χ1) is 8.94. The van der Waals surface area contributed by atoms with Crippen LogP contribution in [0.2, 0.25) is 0 Å². The predicted octanol–water partition coefficient (Wildman–Crippen LogP) is 2.37. The summed E-state index contributed by atoms with van der Waals surface area (Å²) in [5.41, 5.74) is -0.162. The topological polar surface area (TPSA) is 35.6 Å². The van der Waals surface area contributed by atoms with Crippen LogP contribution in [0.15, 0.2) is 17.5 Å². The molecule has 0 unspecified atom stereocenters. The highest BCUT2D eigenvalue weighted by molar-refractivity contribution is 7.09. The van der Waals surface area contributed by atoms with E-state index in [0.29, 0.717) is 0 Å². The molecule has 2 amide bonds. The van der Waals surface area contributed by atoms with Gasteiger partial charge < -0.3 is 10.2 Å². The lowest BCUT2D eigenvalue weighted by Crippen LogP contribution is -2.54. The van der Waals surface area contributed by atoms with Crippen LogP contribution in [0, 0.1) is 0 Å². The largest absolute Gasteiger partial charge is 0.333 e. The molecule has 106 valence electrons. The number of hydrogen-bond acceptors (Lipinski definition) is 3. The zero-order valence-electron chi connectivity index (χ0n) is 12.0. The van der Waals surface area contributed by atoms with Crippen molar-refractivity contribution in [1.82, 2.24) is 15.1 Å². The van der Waals surface area contributed by atoms with Crippen molar-refractivity contribution in [3.05, 3.63) is 22.4 Å². The molecule has 2 rings (SSSR count). The van der Waals surface area contributed by atoms with E-state index in [2.05, 4.69) is 27.7 Å². The molecule has 1 saturated heterocycles. The molecule has 0 spiro atoms. The zero-order chi connectivity index (χ0) is 13.9. The molecule has 0 radical (unpaired) electrons. The number of carbonyl (C=O) groups is 1. The van der Waals surface area contributed by atoms with Crippen LogP contribution in [0.4, 0.5) is 4.79 Å². The summed E-state index contributed by atoms with van der Waals surface area (Å²) in [5.74, 6) is 0. The fourth-order valence-electron chi connectivity index (χ4n) is 2.13. The molecule has 1 aromatic rings. The lowest BCUT2D eigenvalue weighted by molar-refractivity contribution is 0.131. The molecular formula is C14H23N3OS. The Labute approximate surface area is 119 Å². The van der Waals surface area contributed by atoms with E-state index in [1.165, 1.54) is 4.88 Å². The van der Waals surface area contributed by atoms with Crippen LogP contribution in [0.25, 0.3) is 0 Å². The Balaban J connectivity index is 1.77. The number of urea groups is 1. The Kier molecular flexibility index (Phi) is 4.47. The Bertz CT molecular complexity index is 403. The quantitative estimate of drug-likeness (QED) is 0.903. The van der Waals surface area contributed by atoms with Gasteiger partial charge in [-0.3, -0.25) is 4.90 Å². The van der Waals surface area contributed by atoms with Gasteiger partial charge in [0.2, 0.25) is 0 Å². The van der Waals surface area contributed by atoms with Crippen LogP contribution in [-0.2, 0) is 6.54 Å². The summed E-state index contributed by atoms with van der Waals surface area (Å²) in [6, 6.07) is 4.32. The second kappa shape index (κ2) is 5.92. The number of thiophene rings is 1. The second-order valence-corrected chi connectivity index (χ2v) is 7.05. The number of hydrogen-bond donors (Lipinski definition) is 1. The van der Waals surface area contributed by atoms with Gasteiger partial charge in [-0.05, 0) is 32.2 Å². The van der Waals surface area contributed by atoms with E-state index in [4.69, 9.17) is 0 Å². The van der Waals surface area contributed by atoms with E-state index in [9.17, 15) is 4.79 Å². The number of rotatable bonds is 2. The monoisotopic (exact) mass is 281 g/mol. The smallest absolute Gasteiger partial charge is 0.317 e. The summed E-state index contributed by atoms with van der Waals surface area (Å²) >= 11 is 1.80. The highest BCUT2D eigenvalue weighted by Gasteiger charge is 2.23. The Morgan fingerprint density at radius 3 is 2.53 bits per heavy atom. The highest BCUT2D eigenvalue weighted by Crippen LogP contribution is 2.13. The molecular weight excluding hydrogens is 258 g/mol. The van der Waals surface area contributed by atoms with E-state index in [0.717, 1.165) is 32.7 Å². The van der Waals surface area contributed by atoms with Gasteiger partial charge in [0.05, 0.1) is 0 Å². The molecule has 1 aromatic heterocycles. The first-order valence-electron chi connectivity index (χ1n) is 6.76. The van der Waals surface area contributed by atoms with Gasteiger partial charge in [0, 0.05) is 43.1 Å². The Hall–Kier alpha value is -1.07. The van der Waals surface area contributed by atoms with Crippen LogP contribution < -0.4 is 5.32 Å². The van der Waals surface area contributed by atoms with Gasteiger partial charge in [0.1, 0.15) is 0 Å². The van der Waals surface area contributed by atoms with Crippen molar-refractivity contribution in [1.29, 1.82) is 0 Å². The molecule has 1 aliphatic rings. The van der Waals surface area contributed by atoms with Gasteiger partial charge in [0.15, 0.2) is 0 Å². The lowest BCUT2D eigenvalue weighted by Gasteiger charge is -2.36. The molecule has 0 atom stereocenters. The van der Waals surface area contributed by atoms with Crippen LogP contribution in [0.1, 0.15) is 25.6 Å². The van der Waals surface area contributed by atoms with Crippen molar-refractivity contribution < 1.29 is 4.79 Å². The number of nitrogens with zero attached hydrogens (tertiary/aromatic N) is 2. The van der Waals surface area contributed by atoms with Crippen molar-refractivity contribution in [3.63, 3.8) is 0 Å². The van der Waals surface area contributed by atoms with Gasteiger partial charge in [-0.15, -0.1) is 11.3 Å². The average Bonchev–Trinajstić information content (AvgIpc) is 2.80. The standard InChI is InChI=1S/C14H23N3OS/c1-14(2,3)15-13(18)17-8-6-16(7-9-17)11-12-5-4-10-19-12/h4-5,10H,6-9,11H2,1-3H3,(H,15,18).